The number of aryl methyl sites for hydroxylation is 1. The average molecular weight is 453 g/mol. The number of thiazole rings is 1. The zero-order chi connectivity index (χ0) is 22.2. The summed E-state index contributed by atoms with van der Waals surface area (Å²) in [4.78, 5) is 12.4. The molecule has 0 bridgehead atoms. The summed E-state index contributed by atoms with van der Waals surface area (Å²) in [6.07, 6.45) is 2.80. The predicted molar refractivity (Wildman–Crippen MR) is 118 cm³/mol. The summed E-state index contributed by atoms with van der Waals surface area (Å²) in [6, 6.07) is 13.1. The standard InChI is InChI=1S/C22H16N2O5S2/c1-3-24-21(25)19(11-15-6-9-17-18(10-15)29-13-28-17)30-22(24)20(12-23)31(26,27)16-7-4-14(2)5-8-16/h3-11H,1,13H2,2H3/b19-11+,22-20?. The molecule has 0 radical (unpaired) electrons. The lowest BCUT2D eigenvalue weighted by Gasteiger charge is -2.03. The first-order valence-corrected chi connectivity index (χ1v) is 11.4. The van der Waals surface area contributed by atoms with E-state index in [0.717, 1.165) is 21.5 Å². The second-order valence-electron chi connectivity index (χ2n) is 6.64. The van der Waals surface area contributed by atoms with Gasteiger partial charge in [0.05, 0.1) is 9.43 Å². The zero-order valence-electron chi connectivity index (χ0n) is 16.4. The minimum absolute atomic E-state index is 0.00457. The quantitative estimate of drug-likeness (QED) is 0.600. The predicted octanol–water partition coefficient (Wildman–Crippen LogP) is 1.98. The Labute approximate surface area is 182 Å². The fraction of sp³-hybridized carbons (Fsp3) is 0.0909. The Bertz CT molecular complexity index is 1520. The summed E-state index contributed by atoms with van der Waals surface area (Å²) in [5.41, 5.74) is 1.09. The summed E-state index contributed by atoms with van der Waals surface area (Å²) in [5, 5.41) is 9.70. The molecular weight excluding hydrogens is 436 g/mol. The highest BCUT2D eigenvalue weighted by molar-refractivity contribution is 8.00. The van der Waals surface area contributed by atoms with Crippen molar-refractivity contribution in [1.82, 2.24) is 4.57 Å². The number of sulfone groups is 1. The van der Waals surface area contributed by atoms with Crippen LogP contribution in [0.1, 0.15) is 11.1 Å². The molecule has 0 atom stereocenters. The van der Waals surface area contributed by atoms with Crippen LogP contribution in [0.5, 0.6) is 11.5 Å². The Balaban J connectivity index is 1.96. The van der Waals surface area contributed by atoms with E-state index in [9.17, 15) is 18.5 Å². The Kier molecular flexibility index (Phi) is 5.27. The second-order valence-corrected chi connectivity index (χ2v) is 9.56. The molecule has 0 spiro atoms. The maximum Gasteiger partial charge on any atom is 0.273 e. The van der Waals surface area contributed by atoms with E-state index in [1.807, 2.05) is 6.92 Å². The monoisotopic (exact) mass is 452 g/mol. The number of aromatic nitrogens is 1. The first kappa shape index (κ1) is 20.7. The Morgan fingerprint density at radius 3 is 2.58 bits per heavy atom. The topological polar surface area (TPSA) is 98.4 Å². The molecule has 0 amide bonds. The van der Waals surface area contributed by atoms with Crippen molar-refractivity contribution < 1.29 is 17.9 Å². The van der Waals surface area contributed by atoms with Gasteiger partial charge in [-0.2, -0.15) is 5.26 Å². The summed E-state index contributed by atoms with van der Waals surface area (Å²) >= 11 is 0.909. The van der Waals surface area contributed by atoms with Gasteiger partial charge in [0, 0.05) is 6.20 Å². The number of ether oxygens (including phenoxy) is 2. The third-order valence-electron chi connectivity index (χ3n) is 4.63. The molecule has 7 nitrogen and oxygen atoms in total. The van der Waals surface area contributed by atoms with Crippen molar-refractivity contribution in [2.45, 2.75) is 11.8 Å². The number of rotatable bonds is 4. The highest BCUT2D eigenvalue weighted by atomic mass is 32.2. The number of nitriles is 1. The highest BCUT2D eigenvalue weighted by Crippen LogP contribution is 2.32. The van der Waals surface area contributed by atoms with Crippen LogP contribution in [0.2, 0.25) is 0 Å². The number of benzene rings is 2. The molecule has 0 saturated heterocycles. The van der Waals surface area contributed by atoms with Gasteiger partial charge >= 0.3 is 0 Å². The second kappa shape index (κ2) is 7.91. The van der Waals surface area contributed by atoms with Crippen LogP contribution in [0.25, 0.3) is 17.2 Å². The third-order valence-corrected chi connectivity index (χ3v) is 7.58. The largest absolute Gasteiger partial charge is 0.454 e. The van der Waals surface area contributed by atoms with Crippen LogP contribution in [-0.2, 0) is 9.84 Å². The van der Waals surface area contributed by atoms with E-state index < -0.39 is 20.3 Å². The Morgan fingerprint density at radius 1 is 1.19 bits per heavy atom. The normalized spacial score (nSPS) is 14.3. The lowest BCUT2D eigenvalue weighted by atomic mass is 10.2. The maximum atomic E-state index is 13.1. The van der Waals surface area contributed by atoms with Gasteiger partial charge in [-0.1, -0.05) is 30.3 Å². The van der Waals surface area contributed by atoms with Gasteiger partial charge in [-0.3, -0.25) is 9.36 Å². The van der Waals surface area contributed by atoms with Crippen LogP contribution in [0, 0.1) is 18.3 Å². The van der Waals surface area contributed by atoms with Crippen molar-refractivity contribution in [2.75, 3.05) is 6.79 Å². The molecule has 4 rings (SSSR count). The van der Waals surface area contributed by atoms with Gasteiger partial charge in [-0.15, -0.1) is 11.3 Å². The molecule has 9 heteroatoms. The SMILES string of the molecule is C=Cn1c(=C(C#N)S(=O)(=O)c2ccc(C)cc2)s/c(=C/c2ccc3c(c2)OCO3)c1=O. The molecule has 0 N–H and O–H groups in total. The summed E-state index contributed by atoms with van der Waals surface area (Å²) in [6.45, 7) is 5.56. The van der Waals surface area contributed by atoms with E-state index in [2.05, 4.69) is 6.58 Å². The Hall–Kier alpha value is -3.61. The van der Waals surface area contributed by atoms with Crippen molar-refractivity contribution in [3.63, 3.8) is 0 Å². The summed E-state index contributed by atoms with van der Waals surface area (Å²) < 4.78 is 38.2. The molecule has 0 aliphatic carbocycles. The summed E-state index contributed by atoms with van der Waals surface area (Å²) in [7, 11) is -4.13. The number of nitrogens with zero attached hydrogens (tertiary/aromatic N) is 2. The molecule has 0 unspecified atom stereocenters. The van der Waals surface area contributed by atoms with E-state index in [0.29, 0.717) is 17.1 Å². The molecule has 2 aromatic carbocycles. The minimum Gasteiger partial charge on any atom is -0.454 e. The number of hydrogen-bond donors (Lipinski definition) is 0. The van der Waals surface area contributed by atoms with Crippen LogP contribution >= 0.6 is 11.3 Å². The zero-order valence-corrected chi connectivity index (χ0v) is 18.0. The van der Waals surface area contributed by atoms with Gasteiger partial charge in [0.2, 0.25) is 16.6 Å². The van der Waals surface area contributed by atoms with Crippen LogP contribution in [0.3, 0.4) is 0 Å². The number of fused-ring (bicyclic) bond motifs is 1. The van der Waals surface area contributed by atoms with Crippen molar-refractivity contribution in [3.8, 4) is 17.6 Å². The van der Waals surface area contributed by atoms with Gasteiger partial charge in [-0.05, 0) is 42.8 Å². The molecule has 2 heterocycles. The van der Waals surface area contributed by atoms with Gasteiger partial charge in [0.25, 0.3) is 5.56 Å². The fourth-order valence-corrected chi connectivity index (χ4v) is 5.65. The van der Waals surface area contributed by atoms with Crippen LogP contribution in [-0.4, -0.2) is 19.8 Å². The van der Waals surface area contributed by atoms with Crippen molar-refractivity contribution in [1.29, 1.82) is 5.26 Å². The molecule has 31 heavy (non-hydrogen) atoms. The smallest absolute Gasteiger partial charge is 0.273 e. The van der Waals surface area contributed by atoms with Crippen molar-refractivity contribution >= 4 is 38.4 Å². The van der Waals surface area contributed by atoms with Crippen molar-refractivity contribution in [3.05, 3.63) is 79.7 Å². The molecule has 1 aliphatic rings. The molecule has 0 saturated carbocycles. The van der Waals surface area contributed by atoms with Gasteiger partial charge in [0.15, 0.2) is 16.4 Å². The first-order valence-electron chi connectivity index (χ1n) is 9.06. The van der Waals surface area contributed by atoms with Gasteiger partial charge < -0.3 is 9.47 Å². The molecule has 1 aliphatic heterocycles. The van der Waals surface area contributed by atoms with E-state index in [1.165, 1.54) is 18.3 Å². The lowest BCUT2D eigenvalue weighted by molar-refractivity contribution is 0.174. The van der Waals surface area contributed by atoms with Gasteiger partial charge in [0.1, 0.15) is 10.7 Å². The summed E-state index contributed by atoms with van der Waals surface area (Å²) in [5.74, 6) is 1.16. The molecule has 156 valence electrons. The first-order chi connectivity index (χ1) is 14.8. The van der Waals surface area contributed by atoms with E-state index in [-0.39, 0.29) is 20.9 Å². The molecule has 0 fully saturated rings. The highest BCUT2D eigenvalue weighted by Gasteiger charge is 2.24. The van der Waals surface area contributed by atoms with Crippen LogP contribution < -0.4 is 24.2 Å². The minimum atomic E-state index is -4.13. The molecule has 3 aromatic rings. The van der Waals surface area contributed by atoms with Gasteiger partial charge in [-0.25, -0.2) is 8.42 Å². The maximum absolute atomic E-state index is 13.1. The van der Waals surface area contributed by atoms with E-state index in [1.54, 1.807) is 42.5 Å². The van der Waals surface area contributed by atoms with E-state index >= 15 is 0 Å². The fourth-order valence-electron chi connectivity index (χ4n) is 3.03. The average Bonchev–Trinajstić information content (AvgIpc) is 3.33. The van der Waals surface area contributed by atoms with E-state index in [4.69, 9.17) is 9.47 Å². The van der Waals surface area contributed by atoms with Crippen molar-refractivity contribution in [2.24, 2.45) is 0 Å². The lowest BCUT2D eigenvalue weighted by Crippen LogP contribution is -2.29. The molecular formula is C22H16N2O5S2. The Morgan fingerprint density at radius 2 is 1.90 bits per heavy atom. The number of hydrogen-bond acceptors (Lipinski definition) is 7. The van der Waals surface area contributed by atoms with Crippen LogP contribution in [0.4, 0.5) is 0 Å². The van der Waals surface area contributed by atoms with Crippen LogP contribution in [0.15, 0.2) is 58.7 Å². The third kappa shape index (κ3) is 3.67. The molecule has 1 aromatic heterocycles.